The van der Waals surface area contributed by atoms with E-state index in [1.54, 1.807) is 65.6 Å². The number of amides is 1. The first-order chi connectivity index (χ1) is 15.1. The van der Waals surface area contributed by atoms with Crippen molar-refractivity contribution in [1.82, 2.24) is 0 Å². The molecule has 0 saturated carbocycles. The van der Waals surface area contributed by atoms with Gasteiger partial charge in [0.25, 0.3) is 0 Å². The van der Waals surface area contributed by atoms with Crippen molar-refractivity contribution in [3.05, 3.63) is 90.0 Å². The second-order valence-electron chi connectivity index (χ2n) is 7.22. The molecule has 3 aromatic carbocycles. The summed E-state index contributed by atoms with van der Waals surface area (Å²) >= 11 is 0. The standard InChI is InChI=1S/C25H21NO5/c1-30-22-10-6-5-9-21(22)26-16-19(15-23(26)27)25(29)31-20-13-11-18(12-14-20)24(28)17-7-3-2-4-8-17/h2-14,19H,15-16H2,1H3/t19-/m1/s1. The fourth-order valence-corrected chi connectivity index (χ4v) is 3.58. The molecule has 0 radical (unpaired) electrons. The summed E-state index contributed by atoms with van der Waals surface area (Å²) in [5, 5.41) is 0. The first-order valence-corrected chi connectivity index (χ1v) is 9.91. The predicted octanol–water partition coefficient (Wildman–Crippen LogP) is 3.88. The Morgan fingerprint density at radius 1 is 0.871 bits per heavy atom. The molecule has 0 spiro atoms. The van der Waals surface area contributed by atoms with Gasteiger partial charge in [-0.3, -0.25) is 14.4 Å². The minimum Gasteiger partial charge on any atom is -0.495 e. The summed E-state index contributed by atoms with van der Waals surface area (Å²) in [5.41, 5.74) is 1.73. The van der Waals surface area contributed by atoms with Gasteiger partial charge in [-0.25, -0.2) is 0 Å². The lowest BCUT2D eigenvalue weighted by molar-refractivity contribution is -0.139. The fraction of sp³-hybridized carbons (Fsp3) is 0.160. The molecule has 6 nitrogen and oxygen atoms in total. The Morgan fingerprint density at radius 3 is 2.23 bits per heavy atom. The SMILES string of the molecule is COc1ccccc1N1C[C@H](C(=O)Oc2ccc(C(=O)c3ccccc3)cc2)CC1=O. The number of para-hydroxylation sites is 2. The largest absolute Gasteiger partial charge is 0.495 e. The van der Waals surface area contributed by atoms with E-state index in [0.717, 1.165) is 0 Å². The minimum atomic E-state index is -0.581. The average molecular weight is 415 g/mol. The second-order valence-corrected chi connectivity index (χ2v) is 7.22. The van der Waals surface area contributed by atoms with Gasteiger partial charge in [0.2, 0.25) is 5.91 Å². The zero-order valence-corrected chi connectivity index (χ0v) is 17.0. The maximum absolute atomic E-state index is 12.6. The lowest BCUT2D eigenvalue weighted by Crippen LogP contribution is -2.27. The summed E-state index contributed by atoms with van der Waals surface area (Å²) < 4.78 is 10.8. The first-order valence-electron chi connectivity index (χ1n) is 9.91. The second kappa shape index (κ2) is 8.83. The number of anilines is 1. The number of methoxy groups -OCH3 is 1. The number of esters is 1. The van der Waals surface area contributed by atoms with E-state index in [0.29, 0.717) is 28.3 Å². The third-order valence-electron chi connectivity index (χ3n) is 5.21. The number of nitrogens with zero attached hydrogens (tertiary/aromatic N) is 1. The van der Waals surface area contributed by atoms with E-state index in [-0.39, 0.29) is 24.7 Å². The Bertz CT molecular complexity index is 1110. The third-order valence-corrected chi connectivity index (χ3v) is 5.21. The van der Waals surface area contributed by atoms with Crippen LogP contribution in [-0.4, -0.2) is 31.3 Å². The van der Waals surface area contributed by atoms with Gasteiger partial charge in [-0.15, -0.1) is 0 Å². The summed E-state index contributed by atoms with van der Waals surface area (Å²) in [6.07, 6.45) is 0.0709. The van der Waals surface area contributed by atoms with Crippen LogP contribution in [0.5, 0.6) is 11.5 Å². The quantitative estimate of drug-likeness (QED) is 0.347. The number of rotatable bonds is 6. The van der Waals surface area contributed by atoms with E-state index in [1.165, 1.54) is 7.11 Å². The molecule has 1 saturated heterocycles. The molecular formula is C25H21NO5. The van der Waals surface area contributed by atoms with Crippen LogP contribution in [0.15, 0.2) is 78.9 Å². The van der Waals surface area contributed by atoms with Crippen LogP contribution in [0.25, 0.3) is 0 Å². The highest BCUT2D eigenvalue weighted by Crippen LogP contribution is 2.33. The number of benzene rings is 3. The summed E-state index contributed by atoms with van der Waals surface area (Å²) in [6.45, 7) is 0.225. The van der Waals surface area contributed by atoms with E-state index in [1.807, 2.05) is 18.2 Å². The number of hydrogen-bond donors (Lipinski definition) is 0. The van der Waals surface area contributed by atoms with E-state index >= 15 is 0 Å². The molecule has 0 aliphatic carbocycles. The number of hydrogen-bond acceptors (Lipinski definition) is 5. The zero-order chi connectivity index (χ0) is 21.8. The number of ether oxygens (including phenoxy) is 2. The molecule has 1 fully saturated rings. The van der Waals surface area contributed by atoms with Gasteiger partial charge in [0.05, 0.1) is 18.7 Å². The minimum absolute atomic E-state index is 0.0709. The molecule has 0 unspecified atom stereocenters. The lowest BCUT2D eigenvalue weighted by Gasteiger charge is -2.19. The van der Waals surface area contributed by atoms with Crippen molar-refractivity contribution >= 4 is 23.3 Å². The van der Waals surface area contributed by atoms with Crippen LogP contribution in [-0.2, 0) is 9.59 Å². The van der Waals surface area contributed by atoms with Crippen LogP contribution in [0.2, 0.25) is 0 Å². The summed E-state index contributed by atoms with van der Waals surface area (Å²) in [5.74, 6) is -0.417. The summed E-state index contributed by atoms with van der Waals surface area (Å²) in [4.78, 5) is 39.2. The monoisotopic (exact) mass is 415 g/mol. The Hall–Kier alpha value is -3.93. The summed E-state index contributed by atoms with van der Waals surface area (Å²) in [7, 11) is 1.54. The number of carbonyl (C=O) groups excluding carboxylic acids is 3. The molecule has 6 heteroatoms. The van der Waals surface area contributed by atoms with Gasteiger partial charge in [0, 0.05) is 24.1 Å². The van der Waals surface area contributed by atoms with Crippen molar-refractivity contribution in [3.63, 3.8) is 0 Å². The van der Waals surface area contributed by atoms with Crippen LogP contribution < -0.4 is 14.4 Å². The number of carbonyl (C=O) groups is 3. The first kappa shape index (κ1) is 20.3. The molecule has 0 N–H and O–H groups in total. The molecule has 156 valence electrons. The van der Waals surface area contributed by atoms with Crippen molar-refractivity contribution in [1.29, 1.82) is 0 Å². The van der Waals surface area contributed by atoms with Crippen molar-refractivity contribution in [2.24, 2.45) is 5.92 Å². The van der Waals surface area contributed by atoms with E-state index in [2.05, 4.69) is 0 Å². The van der Waals surface area contributed by atoms with Gasteiger partial charge in [-0.2, -0.15) is 0 Å². The Labute approximate surface area is 180 Å². The van der Waals surface area contributed by atoms with Gasteiger partial charge < -0.3 is 14.4 Å². The van der Waals surface area contributed by atoms with E-state index < -0.39 is 11.9 Å². The molecule has 4 rings (SSSR count). The van der Waals surface area contributed by atoms with Gasteiger partial charge in [0.1, 0.15) is 11.5 Å². The molecule has 1 aliphatic rings. The topological polar surface area (TPSA) is 72.9 Å². The van der Waals surface area contributed by atoms with Crippen molar-refractivity contribution in [2.75, 3.05) is 18.6 Å². The molecule has 1 amide bonds. The van der Waals surface area contributed by atoms with Crippen molar-refractivity contribution < 1.29 is 23.9 Å². The molecule has 3 aromatic rings. The van der Waals surface area contributed by atoms with Crippen LogP contribution >= 0.6 is 0 Å². The Morgan fingerprint density at radius 2 is 1.52 bits per heavy atom. The molecular weight excluding hydrogens is 394 g/mol. The molecule has 0 aromatic heterocycles. The summed E-state index contributed by atoms with van der Waals surface area (Å²) in [6, 6.07) is 22.6. The third kappa shape index (κ3) is 4.33. The van der Waals surface area contributed by atoms with Gasteiger partial charge in [-0.05, 0) is 36.4 Å². The highest BCUT2D eigenvalue weighted by atomic mass is 16.5. The van der Waals surface area contributed by atoms with Crippen LogP contribution in [0.1, 0.15) is 22.3 Å². The van der Waals surface area contributed by atoms with Crippen LogP contribution in [0.4, 0.5) is 5.69 Å². The van der Waals surface area contributed by atoms with E-state index in [9.17, 15) is 14.4 Å². The zero-order valence-electron chi connectivity index (χ0n) is 17.0. The number of ketones is 1. The lowest BCUT2D eigenvalue weighted by atomic mass is 10.0. The predicted molar refractivity (Wildman–Crippen MR) is 115 cm³/mol. The highest BCUT2D eigenvalue weighted by molar-refractivity contribution is 6.09. The maximum Gasteiger partial charge on any atom is 0.316 e. The Kier molecular flexibility index (Phi) is 5.80. The van der Waals surface area contributed by atoms with Crippen LogP contribution in [0.3, 0.4) is 0 Å². The van der Waals surface area contributed by atoms with Crippen molar-refractivity contribution in [2.45, 2.75) is 6.42 Å². The average Bonchev–Trinajstić information content (AvgIpc) is 3.21. The Balaban J connectivity index is 1.42. The molecule has 31 heavy (non-hydrogen) atoms. The smallest absolute Gasteiger partial charge is 0.316 e. The van der Waals surface area contributed by atoms with E-state index in [4.69, 9.17) is 9.47 Å². The fourth-order valence-electron chi connectivity index (χ4n) is 3.58. The maximum atomic E-state index is 12.6. The highest BCUT2D eigenvalue weighted by Gasteiger charge is 2.37. The molecule has 1 heterocycles. The van der Waals surface area contributed by atoms with Gasteiger partial charge in [-0.1, -0.05) is 42.5 Å². The molecule has 1 aliphatic heterocycles. The molecule has 1 atom stereocenters. The van der Waals surface area contributed by atoms with Crippen molar-refractivity contribution in [3.8, 4) is 11.5 Å². The van der Waals surface area contributed by atoms with Gasteiger partial charge in [0.15, 0.2) is 5.78 Å². The molecule has 0 bridgehead atoms. The normalized spacial score (nSPS) is 15.6. The van der Waals surface area contributed by atoms with Crippen LogP contribution in [0, 0.1) is 5.92 Å². The van der Waals surface area contributed by atoms with Gasteiger partial charge >= 0.3 is 5.97 Å².